The molecule has 7 nitrogen and oxygen atoms in total. The number of hydrogen-bond acceptors (Lipinski definition) is 4. The Labute approximate surface area is 160 Å². The van der Waals surface area contributed by atoms with E-state index in [2.05, 4.69) is 5.32 Å². The van der Waals surface area contributed by atoms with Crippen molar-refractivity contribution in [1.29, 1.82) is 0 Å². The van der Waals surface area contributed by atoms with Crippen molar-refractivity contribution < 1.29 is 14.5 Å². The fourth-order valence-electron chi connectivity index (χ4n) is 3.76. The predicted molar refractivity (Wildman–Crippen MR) is 102 cm³/mol. The molecule has 8 heteroatoms. The van der Waals surface area contributed by atoms with Crippen LogP contribution in [0.15, 0.2) is 30.3 Å². The second-order valence-corrected chi connectivity index (χ2v) is 7.17. The quantitative estimate of drug-likeness (QED) is 0.640. The van der Waals surface area contributed by atoms with Crippen molar-refractivity contribution in [2.24, 2.45) is 0 Å². The highest BCUT2D eigenvalue weighted by Crippen LogP contribution is 2.44. The Morgan fingerprint density at radius 2 is 2.11 bits per heavy atom. The van der Waals surface area contributed by atoms with Gasteiger partial charge in [0, 0.05) is 23.9 Å². The van der Waals surface area contributed by atoms with E-state index in [0.717, 1.165) is 42.3 Å². The van der Waals surface area contributed by atoms with E-state index in [1.165, 1.54) is 12.1 Å². The number of aryl methyl sites for hydroxylation is 1. The maximum absolute atomic E-state index is 12.6. The third-order valence-electron chi connectivity index (χ3n) is 5.08. The first-order valence-corrected chi connectivity index (χ1v) is 8.98. The van der Waals surface area contributed by atoms with E-state index in [9.17, 15) is 19.7 Å². The lowest BCUT2D eigenvalue weighted by Gasteiger charge is -2.26. The highest BCUT2D eigenvalue weighted by molar-refractivity contribution is 6.32. The number of nitro benzene ring substituents is 1. The van der Waals surface area contributed by atoms with Crippen LogP contribution in [-0.2, 0) is 11.2 Å². The van der Waals surface area contributed by atoms with Crippen molar-refractivity contribution >= 4 is 40.5 Å². The van der Waals surface area contributed by atoms with E-state index >= 15 is 0 Å². The van der Waals surface area contributed by atoms with Crippen LogP contribution < -0.4 is 10.2 Å². The topological polar surface area (TPSA) is 92.6 Å². The van der Waals surface area contributed by atoms with Gasteiger partial charge in [0.1, 0.15) is 5.02 Å². The molecule has 0 aromatic heterocycles. The van der Waals surface area contributed by atoms with Crippen LogP contribution in [0.3, 0.4) is 0 Å². The zero-order valence-corrected chi connectivity index (χ0v) is 15.2. The van der Waals surface area contributed by atoms with E-state index in [1.54, 1.807) is 0 Å². The highest BCUT2D eigenvalue weighted by Gasteiger charge is 2.38. The van der Waals surface area contributed by atoms with Gasteiger partial charge in [-0.25, -0.2) is 0 Å². The minimum Gasteiger partial charge on any atom is -0.322 e. The Morgan fingerprint density at radius 3 is 2.85 bits per heavy atom. The maximum Gasteiger partial charge on any atom is 0.288 e. The van der Waals surface area contributed by atoms with Gasteiger partial charge in [-0.2, -0.15) is 0 Å². The Balaban J connectivity index is 1.67. The van der Waals surface area contributed by atoms with E-state index in [0.29, 0.717) is 5.69 Å². The summed E-state index contributed by atoms with van der Waals surface area (Å²) >= 11 is 5.80. The molecular weight excluding hydrogens is 370 g/mol. The first-order valence-electron chi connectivity index (χ1n) is 8.60. The zero-order valence-electron chi connectivity index (χ0n) is 14.5. The zero-order chi connectivity index (χ0) is 19.3. The van der Waals surface area contributed by atoms with Crippen LogP contribution in [0.2, 0.25) is 5.02 Å². The Kier molecular flexibility index (Phi) is 4.11. The molecule has 0 bridgehead atoms. The van der Waals surface area contributed by atoms with Crippen molar-refractivity contribution in [2.45, 2.75) is 25.7 Å². The molecule has 27 heavy (non-hydrogen) atoms. The van der Waals surface area contributed by atoms with Crippen LogP contribution in [0, 0.1) is 10.1 Å². The number of carbonyl (C=O) groups is 2. The molecule has 1 N–H and O–H groups in total. The number of halogens is 1. The van der Waals surface area contributed by atoms with Gasteiger partial charge >= 0.3 is 0 Å². The molecule has 1 atom stereocenters. The van der Waals surface area contributed by atoms with Crippen molar-refractivity contribution in [3.05, 3.63) is 62.2 Å². The van der Waals surface area contributed by atoms with E-state index < -0.39 is 10.8 Å². The molecule has 0 radical (unpaired) electrons. The summed E-state index contributed by atoms with van der Waals surface area (Å²) in [6.07, 6.45) is 1.72. The molecule has 0 fully saturated rings. The molecule has 2 aliphatic rings. The summed E-state index contributed by atoms with van der Waals surface area (Å²) in [6, 6.07) is 7.62. The van der Waals surface area contributed by atoms with Gasteiger partial charge in [-0.05, 0) is 55.2 Å². The molecule has 2 aromatic carbocycles. The number of amides is 2. The van der Waals surface area contributed by atoms with Gasteiger partial charge in [-0.15, -0.1) is 0 Å². The summed E-state index contributed by atoms with van der Waals surface area (Å²) in [7, 11) is 0. The van der Waals surface area contributed by atoms with Gasteiger partial charge in [-0.1, -0.05) is 11.6 Å². The van der Waals surface area contributed by atoms with E-state index in [1.807, 2.05) is 24.0 Å². The standard InChI is InChI=1S/C19H16ClN3O4/c1-10-14-9-13(7-11-3-2-6-22(17(11)14)19(10)25)21-18(24)12-4-5-15(20)16(8-12)23(26)27/h4-5,7-10H,2-3,6H2,1H3,(H,21,24)/t10-/m0/s1. The van der Waals surface area contributed by atoms with Gasteiger partial charge in [0.05, 0.1) is 16.5 Å². The number of carbonyl (C=O) groups excluding carboxylic acids is 2. The molecule has 2 amide bonds. The van der Waals surface area contributed by atoms with Crippen molar-refractivity contribution in [2.75, 3.05) is 16.8 Å². The average Bonchev–Trinajstić information content (AvgIpc) is 2.88. The minimum absolute atomic E-state index is 0.0223. The SMILES string of the molecule is C[C@@H]1C(=O)N2CCCc3cc(NC(=O)c4ccc(Cl)c([N+](=O)[O-])c4)cc1c32. The molecule has 2 aromatic rings. The van der Waals surface area contributed by atoms with Crippen LogP contribution in [-0.4, -0.2) is 23.3 Å². The van der Waals surface area contributed by atoms with Crippen LogP contribution in [0.25, 0.3) is 0 Å². The third-order valence-corrected chi connectivity index (χ3v) is 5.40. The smallest absolute Gasteiger partial charge is 0.288 e. The van der Waals surface area contributed by atoms with Gasteiger partial charge < -0.3 is 10.2 Å². The van der Waals surface area contributed by atoms with Crippen molar-refractivity contribution in [3.8, 4) is 0 Å². The lowest BCUT2D eigenvalue weighted by atomic mass is 9.96. The summed E-state index contributed by atoms with van der Waals surface area (Å²) in [6.45, 7) is 2.59. The third kappa shape index (κ3) is 2.84. The molecule has 138 valence electrons. The van der Waals surface area contributed by atoms with Crippen LogP contribution in [0.1, 0.15) is 40.7 Å². The lowest BCUT2D eigenvalue weighted by molar-refractivity contribution is -0.384. The molecule has 2 aliphatic heterocycles. The minimum atomic E-state index is -0.625. The number of rotatable bonds is 3. The molecule has 0 saturated heterocycles. The maximum atomic E-state index is 12.6. The second-order valence-electron chi connectivity index (χ2n) is 6.77. The van der Waals surface area contributed by atoms with Gasteiger partial charge in [-0.3, -0.25) is 19.7 Å². The number of nitro groups is 1. The summed E-state index contributed by atoms with van der Waals surface area (Å²) < 4.78 is 0. The van der Waals surface area contributed by atoms with Crippen molar-refractivity contribution in [3.63, 3.8) is 0 Å². The lowest BCUT2D eigenvalue weighted by Crippen LogP contribution is -2.32. The molecule has 4 rings (SSSR count). The molecule has 0 saturated carbocycles. The normalized spacial score (nSPS) is 17.6. The summed E-state index contributed by atoms with van der Waals surface area (Å²) in [4.78, 5) is 37.2. The van der Waals surface area contributed by atoms with Gasteiger partial charge in [0.15, 0.2) is 0 Å². The molecular formula is C19H16ClN3O4. The number of benzene rings is 2. The highest BCUT2D eigenvalue weighted by atomic mass is 35.5. The summed E-state index contributed by atoms with van der Waals surface area (Å²) in [5, 5.41) is 13.8. The van der Waals surface area contributed by atoms with E-state index in [4.69, 9.17) is 11.6 Å². The van der Waals surface area contributed by atoms with Crippen LogP contribution in [0.4, 0.5) is 17.1 Å². The van der Waals surface area contributed by atoms with Crippen molar-refractivity contribution in [1.82, 2.24) is 0 Å². The van der Waals surface area contributed by atoms with Gasteiger partial charge in [0.25, 0.3) is 11.6 Å². The second kappa shape index (κ2) is 6.35. The number of hydrogen-bond donors (Lipinski definition) is 1. The first-order chi connectivity index (χ1) is 12.9. The number of anilines is 2. The molecule has 0 spiro atoms. The fourth-order valence-corrected chi connectivity index (χ4v) is 3.95. The van der Waals surface area contributed by atoms with E-state index in [-0.39, 0.29) is 28.1 Å². The number of nitrogens with one attached hydrogen (secondary N) is 1. The molecule has 0 aliphatic carbocycles. The van der Waals surface area contributed by atoms with Crippen LogP contribution in [0.5, 0.6) is 0 Å². The molecule has 2 heterocycles. The number of nitrogens with zero attached hydrogens (tertiary/aromatic N) is 2. The summed E-state index contributed by atoms with van der Waals surface area (Å²) in [5.41, 5.74) is 3.33. The summed E-state index contributed by atoms with van der Waals surface area (Å²) in [5.74, 6) is -0.625. The largest absolute Gasteiger partial charge is 0.322 e. The first kappa shape index (κ1) is 17.5. The predicted octanol–water partition coefficient (Wildman–Crippen LogP) is 3.90. The molecule has 0 unspecified atom stereocenters. The average molecular weight is 386 g/mol. The van der Waals surface area contributed by atoms with Crippen LogP contribution >= 0.6 is 11.6 Å². The Hall–Kier alpha value is -2.93. The monoisotopic (exact) mass is 385 g/mol. The Bertz CT molecular complexity index is 1000. The van der Waals surface area contributed by atoms with Gasteiger partial charge in [0.2, 0.25) is 5.91 Å². The fraction of sp³-hybridized carbons (Fsp3) is 0.263. The Morgan fingerprint density at radius 1 is 1.33 bits per heavy atom.